The van der Waals surface area contributed by atoms with Crippen LogP contribution < -0.4 is 41.5 Å². The molecular formula is C52H46O3Si4. The summed E-state index contributed by atoms with van der Waals surface area (Å²) in [6.07, 6.45) is 0. The van der Waals surface area contributed by atoms with E-state index < -0.39 is 33.8 Å². The van der Waals surface area contributed by atoms with Gasteiger partial charge >= 0.3 is 17.1 Å². The van der Waals surface area contributed by atoms with E-state index in [2.05, 4.69) is 267 Å². The van der Waals surface area contributed by atoms with Gasteiger partial charge in [-0.15, -0.1) is 13.2 Å². The second-order valence-electron chi connectivity index (χ2n) is 14.3. The number of hydrogen-bond acceptors (Lipinski definition) is 3. The molecule has 8 aromatic rings. The zero-order valence-corrected chi connectivity index (χ0v) is 36.9. The van der Waals surface area contributed by atoms with E-state index in [9.17, 15) is 0 Å². The van der Waals surface area contributed by atoms with Crippen molar-refractivity contribution in [1.82, 2.24) is 0 Å². The van der Waals surface area contributed by atoms with Crippen LogP contribution in [0, 0.1) is 0 Å². The zero-order valence-electron chi connectivity index (χ0n) is 32.9. The van der Waals surface area contributed by atoms with Gasteiger partial charge in [-0.1, -0.05) is 254 Å². The lowest BCUT2D eigenvalue weighted by atomic mass is 10.4. The van der Waals surface area contributed by atoms with Crippen molar-refractivity contribution in [2.24, 2.45) is 0 Å². The summed E-state index contributed by atoms with van der Waals surface area (Å²) in [5.74, 6) is 0. The van der Waals surface area contributed by atoms with E-state index in [1.165, 1.54) is 0 Å². The summed E-state index contributed by atoms with van der Waals surface area (Å²) >= 11 is 0. The van der Waals surface area contributed by atoms with Crippen LogP contribution in [0.1, 0.15) is 0 Å². The monoisotopic (exact) mass is 830 g/mol. The lowest BCUT2D eigenvalue weighted by molar-refractivity contribution is 0.363. The molecule has 3 nitrogen and oxygen atoms in total. The first-order valence-electron chi connectivity index (χ1n) is 19.9. The van der Waals surface area contributed by atoms with E-state index in [4.69, 9.17) is 12.3 Å². The van der Waals surface area contributed by atoms with Gasteiger partial charge in [-0.3, -0.25) is 0 Å². The van der Waals surface area contributed by atoms with E-state index in [-0.39, 0.29) is 0 Å². The van der Waals surface area contributed by atoms with Gasteiger partial charge in [0.2, 0.25) is 0 Å². The lowest BCUT2D eigenvalue weighted by Crippen LogP contribution is -2.82. The smallest absolute Gasteiger partial charge is 0.389 e. The summed E-state index contributed by atoms with van der Waals surface area (Å²) in [5, 5.41) is 8.16. The molecule has 0 aliphatic heterocycles. The molecule has 0 saturated heterocycles. The normalized spacial score (nSPS) is 12.1. The molecule has 0 heterocycles. The Kier molecular flexibility index (Phi) is 12.0. The predicted octanol–water partition coefficient (Wildman–Crippen LogP) is 6.52. The fourth-order valence-electron chi connectivity index (χ4n) is 8.00. The quantitative estimate of drug-likeness (QED) is 0.104. The Morgan fingerprint density at radius 2 is 0.407 bits per heavy atom. The highest BCUT2D eigenvalue weighted by molar-refractivity contribution is 7.15. The molecule has 0 unspecified atom stereocenters. The van der Waals surface area contributed by atoms with Gasteiger partial charge in [-0.2, -0.15) is 0 Å². The van der Waals surface area contributed by atoms with Crippen LogP contribution in [0.15, 0.2) is 267 Å². The molecular weight excluding hydrogens is 785 g/mol. The average Bonchev–Trinajstić information content (AvgIpc) is 3.34. The number of rotatable bonds is 16. The third-order valence-corrected chi connectivity index (χ3v) is 28.4. The highest BCUT2D eigenvalue weighted by atomic mass is 28.5. The Morgan fingerprint density at radius 1 is 0.237 bits per heavy atom. The molecule has 0 aliphatic rings. The Morgan fingerprint density at radius 3 is 0.576 bits per heavy atom. The van der Waals surface area contributed by atoms with Crippen molar-refractivity contribution in [3.8, 4) is 0 Å². The molecule has 8 rings (SSSR count). The molecule has 0 N–H and O–H groups in total. The Balaban J connectivity index is 1.51. The molecule has 0 bridgehead atoms. The van der Waals surface area contributed by atoms with Crippen LogP contribution in [0.2, 0.25) is 0 Å². The minimum Gasteiger partial charge on any atom is -0.419 e. The molecule has 0 aliphatic carbocycles. The van der Waals surface area contributed by atoms with Crippen LogP contribution in [-0.4, -0.2) is 33.8 Å². The van der Waals surface area contributed by atoms with E-state index in [0.717, 1.165) is 41.5 Å². The fourth-order valence-corrected chi connectivity index (χ4v) is 28.2. The van der Waals surface area contributed by atoms with Crippen molar-refractivity contribution in [2.45, 2.75) is 0 Å². The second kappa shape index (κ2) is 17.9. The minimum atomic E-state index is -3.97. The topological polar surface area (TPSA) is 27.7 Å². The number of hydrogen-bond donors (Lipinski definition) is 0. The van der Waals surface area contributed by atoms with Crippen molar-refractivity contribution < 1.29 is 12.3 Å². The fraction of sp³-hybridized carbons (Fsp3) is 0. The Hall–Kier alpha value is -6.01. The van der Waals surface area contributed by atoms with Crippen LogP contribution in [0.25, 0.3) is 0 Å². The van der Waals surface area contributed by atoms with Gasteiger partial charge in [0.05, 0.1) is 0 Å². The van der Waals surface area contributed by atoms with E-state index in [1.807, 2.05) is 0 Å². The van der Waals surface area contributed by atoms with E-state index in [1.54, 1.807) is 0 Å². The van der Waals surface area contributed by atoms with Crippen LogP contribution in [0.4, 0.5) is 0 Å². The molecule has 0 radical (unpaired) electrons. The summed E-state index contributed by atoms with van der Waals surface area (Å²) in [4.78, 5) is 0. The van der Waals surface area contributed by atoms with Gasteiger partial charge in [0.1, 0.15) is 0 Å². The molecule has 0 amide bonds. The lowest BCUT2D eigenvalue weighted by Gasteiger charge is -2.48. The average molecular weight is 831 g/mol. The summed E-state index contributed by atoms with van der Waals surface area (Å²) in [7, 11) is -14.7. The molecule has 0 spiro atoms. The highest BCUT2D eigenvalue weighted by Gasteiger charge is 2.60. The standard InChI is InChI=1S/C52H46O3Si4/c1-3-56(45-29-13-5-14-30-45,46-31-15-6-16-32-46)53-58(49-37-21-9-22-38-49,50-39-23-10-24-40-50)55-59(51-41-25-11-26-42-51,52-43-27-12-28-44-52)54-57(4-2,47-33-17-7-18-34-47)48-35-19-8-20-36-48/h3-44H,1-2H2. The third kappa shape index (κ3) is 7.69. The largest absolute Gasteiger partial charge is 0.419 e. The minimum absolute atomic E-state index is 0.967. The molecule has 59 heavy (non-hydrogen) atoms. The van der Waals surface area contributed by atoms with Crippen molar-refractivity contribution in [2.75, 3.05) is 0 Å². The first-order valence-corrected chi connectivity index (χ1v) is 27.5. The van der Waals surface area contributed by atoms with E-state index in [0.29, 0.717) is 0 Å². The molecule has 0 fully saturated rings. The van der Waals surface area contributed by atoms with Crippen molar-refractivity contribution >= 4 is 75.3 Å². The zero-order chi connectivity index (χ0) is 40.4. The maximum Gasteiger partial charge on any atom is 0.389 e. The molecule has 7 heteroatoms. The summed E-state index contributed by atoms with van der Waals surface area (Å²) in [5.41, 5.74) is 4.14. The Bertz CT molecular complexity index is 2210. The SMILES string of the molecule is C=C[Si](O[Si](O[Si](O[Si](C=C)(c1ccccc1)c1ccccc1)(c1ccccc1)c1ccccc1)(c1ccccc1)c1ccccc1)(c1ccccc1)c1ccccc1. The molecule has 8 aromatic carbocycles. The van der Waals surface area contributed by atoms with Gasteiger partial charge in [0.25, 0.3) is 16.6 Å². The van der Waals surface area contributed by atoms with Crippen molar-refractivity contribution in [1.29, 1.82) is 0 Å². The van der Waals surface area contributed by atoms with Crippen molar-refractivity contribution in [3.05, 3.63) is 267 Å². The highest BCUT2D eigenvalue weighted by Crippen LogP contribution is 2.27. The first kappa shape index (κ1) is 39.8. The first-order chi connectivity index (χ1) is 29.1. The number of benzene rings is 8. The van der Waals surface area contributed by atoms with Gasteiger partial charge in [-0.05, 0) is 41.5 Å². The summed E-state index contributed by atoms with van der Waals surface area (Å²) < 4.78 is 25.3. The van der Waals surface area contributed by atoms with Crippen LogP contribution in [0.5, 0.6) is 0 Å². The summed E-state index contributed by atoms with van der Waals surface area (Å²) in [6, 6.07) is 84.5. The van der Waals surface area contributed by atoms with Gasteiger partial charge in [0, 0.05) is 0 Å². The Labute approximate surface area is 353 Å². The molecule has 0 aromatic heterocycles. The molecule has 0 saturated carbocycles. The third-order valence-electron chi connectivity index (χ3n) is 10.9. The second-order valence-corrected chi connectivity index (χ2v) is 27.6. The van der Waals surface area contributed by atoms with Gasteiger partial charge < -0.3 is 12.3 Å². The molecule has 0 atom stereocenters. The maximum absolute atomic E-state index is 8.58. The molecule has 288 valence electrons. The van der Waals surface area contributed by atoms with E-state index >= 15 is 0 Å². The van der Waals surface area contributed by atoms with Gasteiger partial charge in [-0.25, -0.2) is 0 Å². The van der Waals surface area contributed by atoms with Gasteiger partial charge in [0.15, 0.2) is 0 Å². The van der Waals surface area contributed by atoms with Crippen LogP contribution >= 0.6 is 0 Å². The van der Waals surface area contributed by atoms with Crippen LogP contribution in [0.3, 0.4) is 0 Å². The summed E-state index contributed by atoms with van der Waals surface area (Å²) in [6.45, 7) is 9.20. The van der Waals surface area contributed by atoms with Crippen LogP contribution in [-0.2, 0) is 12.3 Å². The van der Waals surface area contributed by atoms with Crippen molar-refractivity contribution in [3.63, 3.8) is 0 Å². The predicted molar refractivity (Wildman–Crippen MR) is 255 cm³/mol. The maximum atomic E-state index is 8.58.